The average Bonchev–Trinajstić information content (AvgIpc) is 2.32. The number of benzene rings is 1. The van der Waals surface area contributed by atoms with Crippen molar-refractivity contribution >= 4 is 25.7 Å². The van der Waals surface area contributed by atoms with Crippen LogP contribution in [0.5, 0.6) is 0 Å². The summed E-state index contributed by atoms with van der Waals surface area (Å²) >= 11 is 0. The van der Waals surface area contributed by atoms with Crippen molar-refractivity contribution in [1.29, 1.82) is 0 Å². The second-order valence-electron chi connectivity index (χ2n) is 4.79. The fourth-order valence-corrected chi connectivity index (χ4v) is 2.35. The first kappa shape index (κ1) is 16.9. The van der Waals surface area contributed by atoms with Crippen LogP contribution in [0.4, 0.5) is 4.39 Å². The predicted molar refractivity (Wildman–Crippen MR) is 73.8 cm³/mol. The summed E-state index contributed by atoms with van der Waals surface area (Å²) < 4.78 is 40.5. The summed E-state index contributed by atoms with van der Waals surface area (Å²) in [5.74, 6) is -1.13. The van der Waals surface area contributed by atoms with E-state index in [1.54, 1.807) is 0 Å². The second kappa shape index (κ2) is 7.04. The summed E-state index contributed by atoms with van der Waals surface area (Å²) in [6.07, 6.45) is 1.59. The minimum atomic E-state index is -4.09. The van der Waals surface area contributed by atoms with Gasteiger partial charge in [-0.25, -0.2) is 17.6 Å². The molecule has 0 heterocycles. The molecule has 0 aromatic heterocycles. The molecule has 0 saturated carbocycles. The number of halogens is 2. The molecule has 4 nitrogen and oxygen atoms in total. The topological polar surface area (TPSA) is 60.4 Å². The number of hydrogen-bond acceptors (Lipinski definition) is 4. The molecule has 1 aromatic rings. The standard InChI is InChI=1S/C13H16ClFO4S/c1-9(2)4-3-5-19-13(16)10-6-11(15)8-12(7-10)20(14,17)18/h6-9H,3-5H2,1-2H3. The van der Waals surface area contributed by atoms with E-state index in [-0.39, 0.29) is 12.2 Å². The highest BCUT2D eigenvalue weighted by Crippen LogP contribution is 2.19. The Bertz CT molecular complexity index is 584. The van der Waals surface area contributed by atoms with Crippen LogP contribution in [0.1, 0.15) is 37.0 Å². The van der Waals surface area contributed by atoms with Gasteiger partial charge in [0.2, 0.25) is 0 Å². The van der Waals surface area contributed by atoms with Crippen LogP contribution in [-0.4, -0.2) is 21.0 Å². The van der Waals surface area contributed by atoms with Gasteiger partial charge in [0.05, 0.1) is 17.1 Å². The Morgan fingerprint density at radius 3 is 2.55 bits per heavy atom. The lowest BCUT2D eigenvalue weighted by molar-refractivity contribution is 0.0494. The van der Waals surface area contributed by atoms with Crippen molar-refractivity contribution in [2.24, 2.45) is 5.92 Å². The van der Waals surface area contributed by atoms with Gasteiger partial charge < -0.3 is 4.74 Å². The van der Waals surface area contributed by atoms with Gasteiger partial charge in [-0.05, 0) is 37.0 Å². The molecule has 0 bridgehead atoms. The lowest BCUT2D eigenvalue weighted by Crippen LogP contribution is -2.08. The van der Waals surface area contributed by atoms with Crippen LogP contribution in [0.3, 0.4) is 0 Å². The summed E-state index contributed by atoms with van der Waals surface area (Å²) in [5, 5.41) is 0. The van der Waals surface area contributed by atoms with Gasteiger partial charge in [0.1, 0.15) is 5.82 Å². The van der Waals surface area contributed by atoms with E-state index in [9.17, 15) is 17.6 Å². The van der Waals surface area contributed by atoms with E-state index in [4.69, 9.17) is 15.4 Å². The van der Waals surface area contributed by atoms with Gasteiger partial charge in [0.15, 0.2) is 0 Å². The molecular formula is C13H16ClFO4S. The van der Waals surface area contributed by atoms with Gasteiger partial charge in [0.25, 0.3) is 9.05 Å². The van der Waals surface area contributed by atoms with Crippen LogP contribution in [0.15, 0.2) is 23.1 Å². The molecule has 0 unspecified atom stereocenters. The number of esters is 1. The molecule has 0 radical (unpaired) electrons. The first-order valence-electron chi connectivity index (χ1n) is 6.12. The highest BCUT2D eigenvalue weighted by Gasteiger charge is 2.16. The molecule has 0 atom stereocenters. The van der Waals surface area contributed by atoms with Gasteiger partial charge >= 0.3 is 5.97 Å². The van der Waals surface area contributed by atoms with Crippen LogP contribution >= 0.6 is 10.7 Å². The third-order valence-corrected chi connectivity index (χ3v) is 3.88. The first-order valence-corrected chi connectivity index (χ1v) is 8.43. The Morgan fingerprint density at radius 2 is 2.00 bits per heavy atom. The predicted octanol–water partition coefficient (Wildman–Crippen LogP) is 3.35. The van der Waals surface area contributed by atoms with E-state index in [0.717, 1.165) is 24.6 Å². The molecule has 0 aliphatic carbocycles. The van der Waals surface area contributed by atoms with Crippen LogP contribution < -0.4 is 0 Å². The monoisotopic (exact) mass is 322 g/mol. The Balaban J connectivity index is 2.76. The molecule has 112 valence electrons. The van der Waals surface area contributed by atoms with Crippen molar-refractivity contribution in [2.45, 2.75) is 31.6 Å². The molecule has 7 heteroatoms. The summed E-state index contributed by atoms with van der Waals surface area (Å²) in [5.41, 5.74) is -0.172. The molecule has 0 fully saturated rings. The van der Waals surface area contributed by atoms with E-state index in [1.165, 1.54) is 0 Å². The van der Waals surface area contributed by atoms with Gasteiger partial charge in [-0.2, -0.15) is 0 Å². The van der Waals surface area contributed by atoms with Crippen molar-refractivity contribution in [3.8, 4) is 0 Å². The van der Waals surface area contributed by atoms with Gasteiger partial charge in [-0.1, -0.05) is 13.8 Å². The van der Waals surface area contributed by atoms with Crippen LogP contribution in [0.2, 0.25) is 0 Å². The number of ether oxygens (including phenoxy) is 1. The second-order valence-corrected chi connectivity index (χ2v) is 7.35. The molecule has 0 spiro atoms. The maximum Gasteiger partial charge on any atom is 0.338 e. The molecule has 0 aliphatic rings. The maximum absolute atomic E-state index is 13.3. The molecule has 0 amide bonds. The summed E-state index contributed by atoms with van der Waals surface area (Å²) in [6.45, 7) is 4.30. The normalized spacial score (nSPS) is 11.7. The fourth-order valence-electron chi connectivity index (χ4n) is 1.56. The zero-order valence-corrected chi connectivity index (χ0v) is 12.8. The Kier molecular flexibility index (Phi) is 5.95. The molecule has 0 N–H and O–H groups in total. The Hall–Kier alpha value is -1.14. The zero-order chi connectivity index (χ0) is 15.3. The quantitative estimate of drug-likeness (QED) is 0.458. The Labute approximate surface area is 122 Å². The van der Waals surface area contributed by atoms with Gasteiger partial charge in [-0.15, -0.1) is 0 Å². The third kappa shape index (κ3) is 5.46. The number of carbonyl (C=O) groups excluding carboxylic acids is 1. The van der Waals surface area contributed by atoms with Crippen LogP contribution in [0, 0.1) is 11.7 Å². The molecule has 0 aliphatic heterocycles. The van der Waals surface area contributed by atoms with Gasteiger partial charge in [-0.3, -0.25) is 0 Å². The van der Waals surface area contributed by atoms with Gasteiger partial charge in [0, 0.05) is 10.7 Å². The number of carbonyl (C=O) groups is 1. The third-order valence-electron chi connectivity index (χ3n) is 2.55. The van der Waals surface area contributed by atoms with E-state index in [0.29, 0.717) is 12.3 Å². The van der Waals surface area contributed by atoms with E-state index in [2.05, 4.69) is 0 Å². The van der Waals surface area contributed by atoms with Crippen molar-refractivity contribution in [1.82, 2.24) is 0 Å². The van der Waals surface area contributed by atoms with E-state index in [1.807, 2.05) is 13.8 Å². The summed E-state index contributed by atoms with van der Waals surface area (Å²) in [7, 11) is 1.03. The van der Waals surface area contributed by atoms with E-state index < -0.39 is 25.7 Å². The van der Waals surface area contributed by atoms with Crippen LogP contribution in [0.25, 0.3) is 0 Å². The van der Waals surface area contributed by atoms with Crippen molar-refractivity contribution in [3.05, 3.63) is 29.6 Å². The molecule has 20 heavy (non-hydrogen) atoms. The van der Waals surface area contributed by atoms with Crippen molar-refractivity contribution < 1.29 is 22.3 Å². The highest BCUT2D eigenvalue weighted by atomic mass is 35.7. The van der Waals surface area contributed by atoms with Crippen molar-refractivity contribution in [3.63, 3.8) is 0 Å². The molecule has 1 rings (SSSR count). The SMILES string of the molecule is CC(C)CCCOC(=O)c1cc(F)cc(S(=O)(=O)Cl)c1. The highest BCUT2D eigenvalue weighted by molar-refractivity contribution is 8.13. The van der Waals surface area contributed by atoms with Crippen molar-refractivity contribution in [2.75, 3.05) is 6.61 Å². The number of hydrogen-bond donors (Lipinski definition) is 0. The maximum atomic E-state index is 13.3. The lowest BCUT2D eigenvalue weighted by Gasteiger charge is -2.07. The largest absolute Gasteiger partial charge is 0.462 e. The lowest BCUT2D eigenvalue weighted by atomic mass is 10.1. The Morgan fingerprint density at radius 1 is 1.35 bits per heavy atom. The fraction of sp³-hybridized carbons (Fsp3) is 0.462. The molecular weight excluding hydrogens is 307 g/mol. The zero-order valence-electron chi connectivity index (χ0n) is 11.2. The first-order chi connectivity index (χ1) is 9.20. The summed E-state index contributed by atoms with van der Waals surface area (Å²) in [4.78, 5) is 11.2. The minimum absolute atomic E-state index is 0.172. The average molecular weight is 323 g/mol. The van der Waals surface area contributed by atoms with E-state index >= 15 is 0 Å². The molecule has 1 aromatic carbocycles. The minimum Gasteiger partial charge on any atom is -0.462 e. The molecule has 0 saturated heterocycles. The number of rotatable bonds is 6. The van der Waals surface area contributed by atoms with Crippen LogP contribution in [-0.2, 0) is 13.8 Å². The smallest absolute Gasteiger partial charge is 0.338 e. The summed E-state index contributed by atoms with van der Waals surface area (Å²) in [6, 6.07) is 2.66.